The Kier molecular flexibility index (Phi) is 5.21. The number of nitrogens with one attached hydrogen (secondary N) is 1. The van der Waals surface area contributed by atoms with E-state index in [0.717, 1.165) is 36.9 Å². The molecule has 0 aliphatic carbocycles. The minimum absolute atomic E-state index is 0.250. The van der Waals surface area contributed by atoms with Gasteiger partial charge in [0.2, 0.25) is 0 Å². The van der Waals surface area contributed by atoms with Crippen LogP contribution in [-0.4, -0.2) is 10.6 Å². The Labute approximate surface area is 111 Å². The largest absolute Gasteiger partial charge is 0.507 e. The van der Waals surface area contributed by atoms with Gasteiger partial charge in [-0.15, -0.1) is 0 Å². The molecule has 0 spiro atoms. The van der Waals surface area contributed by atoms with Crippen molar-refractivity contribution in [1.82, 2.24) is 5.32 Å². The number of rotatable bonds is 6. The van der Waals surface area contributed by atoms with Gasteiger partial charge in [-0.05, 0) is 49.8 Å². The number of phenolic OH excluding ortho intramolecular Hbond substituents is 1. The molecule has 0 heterocycles. The molecule has 0 amide bonds. The number of hydrogen-bond donors (Lipinski definition) is 2. The van der Waals surface area contributed by atoms with Crippen molar-refractivity contribution < 1.29 is 5.11 Å². The second kappa shape index (κ2) is 6.24. The molecule has 0 unspecified atom stereocenters. The van der Waals surface area contributed by atoms with Crippen molar-refractivity contribution in [3.63, 3.8) is 0 Å². The summed E-state index contributed by atoms with van der Waals surface area (Å²) in [5.74, 6) is 0.423. The molecule has 1 rings (SSSR count). The highest BCUT2D eigenvalue weighted by Gasteiger charge is 2.22. The molecule has 102 valence electrons. The molecule has 18 heavy (non-hydrogen) atoms. The Hall–Kier alpha value is -1.02. The Bertz CT molecular complexity index is 363. The van der Waals surface area contributed by atoms with Crippen molar-refractivity contribution in [1.29, 1.82) is 0 Å². The van der Waals surface area contributed by atoms with E-state index in [9.17, 15) is 5.11 Å². The molecule has 0 fully saturated rings. The van der Waals surface area contributed by atoms with Gasteiger partial charge in [0.05, 0.1) is 0 Å². The first-order valence-corrected chi connectivity index (χ1v) is 7.02. The van der Waals surface area contributed by atoms with E-state index in [4.69, 9.17) is 0 Å². The van der Waals surface area contributed by atoms with Gasteiger partial charge in [0.15, 0.2) is 0 Å². The van der Waals surface area contributed by atoms with Crippen LogP contribution in [-0.2, 0) is 6.54 Å². The summed E-state index contributed by atoms with van der Waals surface area (Å²) in [6, 6.07) is 4.14. The molecule has 0 saturated carbocycles. The van der Waals surface area contributed by atoms with Crippen LogP contribution in [0.3, 0.4) is 0 Å². The highest BCUT2D eigenvalue weighted by molar-refractivity contribution is 5.42. The van der Waals surface area contributed by atoms with Gasteiger partial charge < -0.3 is 10.4 Å². The molecule has 0 radical (unpaired) electrons. The van der Waals surface area contributed by atoms with E-state index < -0.39 is 0 Å². The second-order valence-electron chi connectivity index (χ2n) is 5.27. The molecular formula is C16H27NO. The standard InChI is InChI=1S/C16H27NO/c1-6-16(7-2,8-3)17-11-14-9-12(4)15(18)13(5)10-14/h9-10,17-18H,6-8,11H2,1-5H3. The summed E-state index contributed by atoms with van der Waals surface area (Å²) in [5.41, 5.74) is 3.42. The van der Waals surface area contributed by atoms with Crippen LogP contribution >= 0.6 is 0 Å². The molecule has 0 saturated heterocycles. The fraction of sp³-hybridized carbons (Fsp3) is 0.625. The Balaban J connectivity index is 2.80. The lowest BCUT2D eigenvalue weighted by Gasteiger charge is -2.32. The Morgan fingerprint density at radius 2 is 1.44 bits per heavy atom. The predicted octanol–water partition coefficient (Wildman–Crippen LogP) is 4.07. The zero-order valence-corrected chi connectivity index (χ0v) is 12.4. The fourth-order valence-electron chi connectivity index (χ4n) is 2.56. The average Bonchev–Trinajstić information content (AvgIpc) is 2.38. The van der Waals surface area contributed by atoms with Crippen LogP contribution in [0.25, 0.3) is 0 Å². The van der Waals surface area contributed by atoms with Crippen LogP contribution in [0.15, 0.2) is 12.1 Å². The molecule has 2 heteroatoms. The molecule has 0 aliphatic rings. The second-order valence-corrected chi connectivity index (χ2v) is 5.27. The monoisotopic (exact) mass is 249 g/mol. The highest BCUT2D eigenvalue weighted by Crippen LogP contribution is 2.24. The molecule has 0 atom stereocenters. The van der Waals surface area contributed by atoms with Gasteiger partial charge in [-0.3, -0.25) is 0 Å². The van der Waals surface area contributed by atoms with E-state index in [-0.39, 0.29) is 5.54 Å². The minimum Gasteiger partial charge on any atom is -0.507 e. The molecule has 1 aromatic carbocycles. The fourth-order valence-corrected chi connectivity index (χ4v) is 2.56. The lowest BCUT2D eigenvalue weighted by molar-refractivity contribution is 0.288. The Morgan fingerprint density at radius 3 is 1.83 bits per heavy atom. The highest BCUT2D eigenvalue weighted by atomic mass is 16.3. The summed E-state index contributed by atoms with van der Waals surface area (Å²) in [4.78, 5) is 0. The quantitative estimate of drug-likeness (QED) is 0.796. The van der Waals surface area contributed by atoms with Gasteiger partial charge in [-0.1, -0.05) is 32.9 Å². The van der Waals surface area contributed by atoms with Gasteiger partial charge in [-0.2, -0.15) is 0 Å². The van der Waals surface area contributed by atoms with Crippen molar-refractivity contribution in [3.05, 3.63) is 28.8 Å². The van der Waals surface area contributed by atoms with Crippen LogP contribution < -0.4 is 5.32 Å². The maximum atomic E-state index is 9.78. The van der Waals surface area contributed by atoms with Crippen LogP contribution in [0, 0.1) is 13.8 Å². The van der Waals surface area contributed by atoms with Crippen molar-refractivity contribution >= 4 is 0 Å². The van der Waals surface area contributed by atoms with E-state index in [0.29, 0.717) is 5.75 Å². The van der Waals surface area contributed by atoms with Gasteiger partial charge >= 0.3 is 0 Å². The number of benzene rings is 1. The van der Waals surface area contributed by atoms with Crippen molar-refractivity contribution in [3.8, 4) is 5.75 Å². The summed E-state index contributed by atoms with van der Waals surface area (Å²) in [6.45, 7) is 11.5. The summed E-state index contributed by atoms with van der Waals surface area (Å²) in [5, 5.41) is 13.5. The normalized spacial score (nSPS) is 11.8. The zero-order chi connectivity index (χ0) is 13.8. The molecule has 2 N–H and O–H groups in total. The van der Waals surface area contributed by atoms with Gasteiger partial charge in [0.1, 0.15) is 5.75 Å². The third-order valence-corrected chi connectivity index (χ3v) is 4.25. The van der Waals surface area contributed by atoms with E-state index in [1.165, 1.54) is 5.56 Å². The first-order valence-electron chi connectivity index (χ1n) is 7.02. The average molecular weight is 249 g/mol. The minimum atomic E-state index is 0.250. The summed E-state index contributed by atoms with van der Waals surface area (Å²) >= 11 is 0. The number of aryl methyl sites for hydroxylation is 2. The third-order valence-electron chi connectivity index (χ3n) is 4.25. The molecular weight excluding hydrogens is 222 g/mol. The van der Waals surface area contributed by atoms with E-state index in [1.807, 2.05) is 13.8 Å². The van der Waals surface area contributed by atoms with Gasteiger partial charge in [0.25, 0.3) is 0 Å². The van der Waals surface area contributed by atoms with Gasteiger partial charge in [-0.25, -0.2) is 0 Å². The van der Waals surface area contributed by atoms with Crippen LogP contribution in [0.1, 0.15) is 56.7 Å². The molecule has 0 bridgehead atoms. The van der Waals surface area contributed by atoms with Crippen LogP contribution in [0.2, 0.25) is 0 Å². The van der Waals surface area contributed by atoms with Crippen LogP contribution in [0.5, 0.6) is 5.75 Å². The summed E-state index contributed by atoms with van der Waals surface area (Å²) in [6.07, 6.45) is 3.45. The molecule has 2 nitrogen and oxygen atoms in total. The van der Waals surface area contributed by atoms with Gasteiger partial charge in [0, 0.05) is 12.1 Å². The van der Waals surface area contributed by atoms with E-state index in [2.05, 4.69) is 38.2 Å². The van der Waals surface area contributed by atoms with E-state index in [1.54, 1.807) is 0 Å². The Morgan fingerprint density at radius 1 is 1.00 bits per heavy atom. The predicted molar refractivity (Wildman–Crippen MR) is 78.0 cm³/mol. The molecule has 0 aromatic heterocycles. The first kappa shape index (κ1) is 15.0. The van der Waals surface area contributed by atoms with Crippen LogP contribution in [0.4, 0.5) is 0 Å². The number of aromatic hydroxyl groups is 1. The lowest BCUT2D eigenvalue weighted by Crippen LogP contribution is -2.43. The first-order chi connectivity index (χ1) is 8.48. The SMILES string of the molecule is CCC(CC)(CC)NCc1cc(C)c(O)c(C)c1. The molecule has 1 aromatic rings. The lowest BCUT2D eigenvalue weighted by atomic mass is 9.89. The summed E-state index contributed by atoms with van der Waals surface area (Å²) < 4.78 is 0. The van der Waals surface area contributed by atoms with Crippen molar-refractivity contribution in [2.75, 3.05) is 0 Å². The van der Waals surface area contributed by atoms with Crippen molar-refractivity contribution in [2.45, 2.75) is 66.0 Å². The smallest absolute Gasteiger partial charge is 0.121 e. The topological polar surface area (TPSA) is 32.3 Å². The van der Waals surface area contributed by atoms with E-state index >= 15 is 0 Å². The summed E-state index contributed by atoms with van der Waals surface area (Å²) in [7, 11) is 0. The maximum absolute atomic E-state index is 9.78. The maximum Gasteiger partial charge on any atom is 0.121 e. The molecule has 0 aliphatic heterocycles. The number of phenols is 1. The zero-order valence-electron chi connectivity index (χ0n) is 12.4. The third kappa shape index (κ3) is 3.26. The number of hydrogen-bond acceptors (Lipinski definition) is 2. The van der Waals surface area contributed by atoms with Crippen molar-refractivity contribution in [2.24, 2.45) is 0 Å².